The molecule has 7 nitrogen and oxygen atoms in total. The maximum absolute atomic E-state index is 13.5. The van der Waals surface area contributed by atoms with Gasteiger partial charge in [0.15, 0.2) is 0 Å². The Bertz CT molecular complexity index is 1180. The Morgan fingerprint density at radius 1 is 1.25 bits per heavy atom. The van der Waals surface area contributed by atoms with E-state index in [1.807, 2.05) is 0 Å². The van der Waals surface area contributed by atoms with Crippen LogP contribution in [0.25, 0.3) is 10.8 Å². The highest BCUT2D eigenvalue weighted by Crippen LogP contribution is 2.29. The molecule has 146 valence electrons. The molecule has 0 radical (unpaired) electrons. The molecule has 0 saturated heterocycles. The number of aliphatic hydroxyl groups excluding tert-OH is 1. The Hall–Kier alpha value is -2.59. The van der Waals surface area contributed by atoms with Gasteiger partial charge in [0, 0.05) is 22.7 Å². The number of nitrogens with zero attached hydrogens (tertiary/aromatic N) is 1. The number of hydrogen-bond donors (Lipinski definition) is 3. The number of hydrogen-bond acceptors (Lipinski definition) is 5. The van der Waals surface area contributed by atoms with Gasteiger partial charge in [0.05, 0.1) is 28.6 Å². The number of carbonyl (C=O) groups excluding carboxylic acids is 1. The largest absolute Gasteiger partial charge is 0.390 e. The van der Waals surface area contributed by atoms with Crippen molar-refractivity contribution in [3.63, 3.8) is 0 Å². The molecule has 1 amide bonds. The second-order valence-electron chi connectivity index (χ2n) is 5.97. The number of sulfonamides is 1. The summed E-state index contributed by atoms with van der Waals surface area (Å²) in [7, 11) is -4.12. The van der Waals surface area contributed by atoms with Crippen LogP contribution in [0, 0.1) is 5.82 Å². The van der Waals surface area contributed by atoms with Crippen molar-refractivity contribution in [2.75, 3.05) is 5.32 Å². The summed E-state index contributed by atoms with van der Waals surface area (Å²) in [5.41, 5.74) is 0.646. The van der Waals surface area contributed by atoms with E-state index >= 15 is 0 Å². The molecule has 0 aliphatic heterocycles. The average Bonchev–Trinajstić information content (AvgIpc) is 2.63. The zero-order valence-electron chi connectivity index (χ0n) is 14.3. The number of anilines is 1. The number of benzene rings is 2. The fraction of sp³-hybridized carbons (Fsp3) is 0.111. The number of carbonyl (C=O) groups is 1. The van der Waals surface area contributed by atoms with Crippen LogP contribution >= 0.6 is 11.6 Å². The summed E-state index contributed by atoms with van der Waals surface area (Å²) in [5, 5.41) is 17.7. The molecule has 4 N–H and O–H groups in total. The van der Waals surface area contributed by atoms with Crippen LogP contribution in [0.15, 0.2) is 47.5 Å². The van der Waals surface area contributed by atoms with E-state index in [1.54, 1.807) is 0 Å². The lowest BCUT2D eigenvalue weighted by Gasteiger charge is -2.12. The number of primary sulfonamides is 1. The van der Waals surface area contributed by atoms with Crippen LogP contribution in [0.1, 0.15) is 11.3 Å². The van der Waals surface area contributed by atoms with Gasteiger partial charge in [-0.2, -0.15) is 0 Å². The summed E-state index contributed by atoms with van der Waals surface area (Å²) in [6.07, 6.45) is 1.13. The van der Waals surface area contributed by atoms with Crippen LogP contribution in [0.4, 0.5) is 10.1 Å². The third-order valence-electron chi connectivity index (χ3n) is 4.05. The van der Waals surface area contributed by atoms with Gasteiger partial charge in [-0.1, -0.05) is 23.7 Å². The van der Waals surface area contributed by atoms with Gasteiger partial charge in [0.2, 0.25) is 15.9 Å². The summed E-state index contributed by atoms with van der Waals surface area (Å²) < 4.78 is 37.5. The number of fused-ring (bicyclic) bond motifs is 1. The number of amides is 1. The minimum absolute atomic E-state index is 0.136. The van der Waals surface area contributed by atoms with Gasteiger partial charge in [-0.25, -0.2) is 17.9 Å². The van der Waals surface area contributed by atoms with Gasteiger partial charge >= 0.3 is 0 Å². The van der Waals surface area contributed by atoms with Crippen molar-refractivity contribution < 1.29 is 22.7 Å². The second kappa shape index (κ2) is 7.80. The molecule has 28 heavy (non-hydrogen) atoms. The number of nitrogens with two attached hydrogens (primary N) is 1. The van der Waals surface area contributed by atoms with Crippen molar-refractivity contribution >= 4 is 44.0 Å². The van der Waals surface area contributed by atoms with E-state index in [0.717, 1.165) is 0 Å². The standard InChI is InChI=1S/C18H15ClFN3O4S/c19-18-10(2-1-3-14(18)20)6-17(25)23-11-7-13-12(4-5-22-15(13)9-24)16(8-11)28(21,26)27/h1-5,7-8,24H,6,9H2,(H,23,25)(H2,21,26,27). The Morgan fingerprint density at radius 2 is 2.00 bits per heavy atom. The van der Waals surface area contributed by atoms with Crippen molar-refractivity contribution in [3.05, 3.63) is 64.7 Å². The molecule has 0 fully saturated rings. The first kappa shape index (κ1) is 20.2. The van der Waals surface area contributed by atoms with Crippen LogP contribution in [-0.2, 0) is 27.8 Å². The maximum Gasteiger partial charge on any atom is 0.238 e. The van der Waals surface area contributed by atoms with Gasteiger partial charge in [-0.3, -0.25) is 9.78 Å². The number of aliphatic hydroxyl groups is 1. The molecule has 1 heterocycles. The second-order valence-corrected chi connectivity index (χ2v) is 7.88. The lowest BCUT2D eigenvalue weighted by atomic mass is 10.1. The number of nitrogens with one attached hydrogen (secondary N) is 1. The first-order chi connectivity index (χ1) is 13.2. The Kier molecular flexibility index (Phi) is 5.61. The quantitative estimate of drug-likeness (QED) is 0.581. The average molecular weight is 424 g/mol. The molecule has 0 atom stereocenters. The summed E-state index contributed by atoms with van der Waals surface area (Å²) in [6, 6.07) is 8.26. The van der Waals surface area contributed by atoms with Gasteiger partial charge in [0.1, 0.15) is 5.82 Å². The van der Waals surface area contributed by atoms with Crippen LogP contribution in [-0.4, -0.2) is 24.4 Å². The van der Waals surface area contributed by atoms with Gasteiger partial charge < -0.3 is 10.4 Å². The molecule has 0 unspecified atom stereocenters. The molecule has 2 aromatic carbocycles. The van der Waals surface area contributed by atoms with E-state index in [2.05, 4.69) is 10.3 Å². The highest BCUT2D eigenvalue weighted by molar-refractivity contribution is 7.89. The molecule has 3 aromatic rings. The third-order valence-corrected chi connectivity index (χ3v) is 5.42. The van der Waals surface area contributed by atoms with Crippen LogP contribution in [0.3, 0.4) is 0 Å². The minimum Gasteiger partial charge on any atom is -0.390 e. The van der Waals surface area contributed by atoms with E-state index in [0.29, 0.717) is 5.39 Å². The molecule has 0 aliphatic rings. The number of aromatic nitrogens is 1. The highest BCUT2D eigenvalue weighted by Gasteiger charge is 2.18. The lowest BCUT2D eigenvalue weighted by molar-refractivity contribution is -0.115. The van der Waals surface area contributed by atoms with E-state index in [9.17, 15) is 22.7 Å². The number of halogens is 2. The third kappa shape index (κ3) is 4.12. The fourth-order valence-electron chi connectivity index (χ4n) is 2.81. The van der Waals surface area contributed by atoms with E-state index in [4.69, 9.17) is 16.7 Å². The summed E-state index contributed by atoms with van der Waals surface area (Å²) in [5.74, 6) is -1.19. The molecule has 10 heteroatoms. The predicted octanol–water partition coefficient (Wildman–Crippen LogP) is 2.35. The van der Waals surface area contributed by atoms with Crippen LogP contribution in [0.2, 0.25) is 5.02 Å². The zero-order chi connectivity index (χ0) is 20.5. The van der Waals surface area contributed by atoms with Crippen molar-refractivity contribution in [2.24, 2.45) is 5.14 Å². The Morgan fingerprint density at radius 3 is 2.68 bits per heavy atom. The lowest BCUT2D eigenvalue weighted by Crippen LogP contribution is -2.17. The van der Waals surface area contributed by atoms with Gasteiger partial charge in [-0.05, 0) is 29.8 Å². The smallest absolute Gasteiger partial charge is 0.238 e. The van der Waals surface area contributed by atoms with E-state index < -0.39 is 28.4 Å². The molecule has 0 bridgehead atoms. The molecule has 0 spiro atoms. The molecular weight excluding hydrogens is 409 g/mol. The summed E-state index contributed by atoms with van der Waals surface area (Å²) in [4.78, 5) is 16.1. The van der Waals surface area contributed by atoms with Crippen molar-refractivity contribution in [3.8, 4) is 0 Å². The first-order valence-corrected chi connectivity index (χ1v) is 9.91. The molecule has 0 aliphatic carbocycles. The Labute approximate surface area is 165 Å². The van der Waals surface area contributed by atoms with Crippen molar-refractivity contribution in [1.82, 2.24) is 4.98 Å². The summed E-state index contributed by atoms with van der Waals surface area (Å²) >= 11 is 5.86. The zero-order valence-corrected chi connectivity index (χ0v) is 15.9. The number of pyridine rings is 1. The van der Waals surface area contributed by atoms with Crippen LogP contribution < -0.4 is 10.5 Å². The topological polar surface area (TPSA) is 122 Å². The van der Waals surface area contributed by atoms with Gasteiger partial charge in [-0.15, -0.1) is 0 Å². The molecule has 3 rings (SSSR count). The summed E-state index contributed by atoms with van der Waals surface area (Å²) in [6.45, 7) is -0.433. The van der Waals surface area contributed by atoms with E-state index in [-0.39, 0.29) is 38.7 Å². The van der Waals surface area contributed by atoms with Crippen molar-refractivity contribution in [2.45, 2.75) is 17.9 Å². The fourth-order valence-corrected chi connectivity index (χ4v) is 3.77. The Balaban J connectivity index is 2.01. The van der Waals surface area contributed by atoms with Crippen molar-refractivity contribution in [1.29, 1.82) is 0 Å². The molecular formula is C18H15ClFN3O4S. The first-order valence-electron chi connectivity index (χ1n) is 7.98. The monoisotopic (exact) mass is 423 g/mol. The van der Waals surface area contributed by atoms with E-state index in [1.165, 1.54) is 42.6 Å². The SMILES string of the molecule is NS(=O)(=O)c1cc(NC(=O)Cc2cccc(F)c2Cl)cc2c(CO)nccc12. The molecule has 1 aromatic heterocycles. The van der Waals surface area contributed by atoms with Gasteiger partial charge in [0.25, 0.3) is 0 Å². The predicted molar refractivity (Wildman–Crippen MR) is 103 cm³/mol. The molecule has 0 saturated carbocycles. The normalized spacial score (nSPS) is 11.6. The minimum atomic E-state index is -4.12. The van der Waals surface area contributed by atoms with Crippen LogP contribution in [0.5, 0.6) is 0 Å². The maximum atomic E-state index is 13.5. The highest BCUT2D eigenvalue weighted by atomic mass is 35.5. The number of rotatable bonds is 5.